The molecule has 25 heavy (non-hydrogen) atoms. The molecular formula is C23H30BrN. The fourth-order valence-corrected chi connectivity index (χ4v) is 4.34. The summed E-state index contributed by atoms with van der Waals surface area (Å²) in [5.41, 5.74) is 7.32. The zero-order valence-corrected chi connectivity index (χ0v) is 17.2. The molecule has 0 atom stereocenters. The van der Waals surface area contributed by atoms with Gasteiger partial charge in [0.1, 0.15) is 0 Å². The number of hydrogen-bond donors (Lipinski definition) is 0. The highest BCUT2D eigenvalue weighted by Crippen LogP contribution is 2.42. The summed E-state index contributed by atoms with van der Waals surface area (Å²) >= 11 is 3.63. The molecule has 1 aliphatic carbocycles. The molecule has 0 aliphatic heterocycles. The first-order valence-corrected chi connectivity index (χ1v) is 10.7. The van der Waals surface area contributed by atoms with Crippen molar-refractivity contribution < 1.29 is 0 Å². The van der Waals surface area contributed by atoms with Crippen molar-refractivity contribution in [1.29, 1.82) is 0 Å². The summed E-state index contributed by atoms with van der Waals surface area (Å²) in [6.07, 6.45) is 8.89. The number of rotatable bonds is 9. The summed E-state index contributed by atoms with van der Waals surface area (Å²) in [4.78, 5) is 2.66. The van der Waals surface area contributed by atoms with E-state index in [1.54, 1.807) is 0 Å². The second kappa shape index (κ2) is 8.89. The third kappa shape index (κ3) is 4.28. The number of anilines is 1. The molecule has 2 aromatic rings. The number of halogens is 1. The van der Waals surface area contributed by atoms with E-state index >= 15 is 0 Å². The molecule has 1 nitrogen and oxygen atoms in total. The van der Waals surface area contributed by atoms with Gasteiger partial charge in [-0.25, -0.2) is 0 Å². The Hall–Kier alpha value is -1.28. The minimum absolute atomic E-state index is 1.07. The maximum atomic E-state index is 3.63. The molecule has 0 N–H and O–H groups in total. The molecule has 0 heterocycles. The van der Waals surface area contributed by atoms with Crippen molar-refractivity contribution in [3.8, 4) is 11.1 Å². The van der Waals surface area contributed by atoms with Gasteiger partial charge in [-0.3, -0.25) is 0 Å². The van der Waals surface area contributed by atoms with Crippen LogP contribution in [0, 0.1) is 0 Å². The zero-order valence-electron chi connectivity index (χ0n) is 15.7. The Labute approximate surface area is 161 Å². The third-order valence-corrected chi connectivity index (χ3v) is 5.77. The molecule has 0 unspecified atom stereocenters. The van der Waals surface area contributed by atoms with Crippen molar-refractivity contribution in [3.63, 3.8) is 0 Å². The van der Waals surface area contributed by atoms with E-state index in [4.69, 9.17) is 0 Å². The standard InChI is InChI=1S/C23H30BrN/c1-3-5-7-14-25(15-8-6-4-2)23-11-9-10-21-20-13-12-19(24)16-18(20)17-22(21)23/h9-13,16H,3-8,14-15,17H2,1-2H3. The Morgan fingerprint density at radius 1 is 0.880 bits per heavy atom. The summed E-state index contributed by atoms with van der Waals surface area (Å²) in [5.74, 6) is 0. The van der Waals surface area contributed by atoms with Gasteiger partial charge >= 0.3 is 0 Å². The van der Waals surface area contributed by atoms with E-state index in [9.17, 15) is 0 Å². The highest BCUT2D eigenvalue weighted by atomic mass is 79.9. The smallest absolute Gasteiger partial charge is 0.0408 e. The van der Waals surface area contributed by atoms with Crippen LogP contribution in [-0.2, 0) is 6.42 Å². The summed E-state index contributed by atoms with van der Waals surface area (Å²) in [7, 11) is 0. The van der Waals surface area contributed by atoms with E-state index in [-0.39, 0.29) is 0 Å². The maximum Gasteiger partial charge on any atom is 0.0408 e. The molecule has 2 aromatic carbocycles. The predicted molar refractivity (Wildman–Crippen MR) is 114 cm³/mol. The van der Waals surface area contributed by atoms with Gasteiger partial charge in [0.2, 0.25) is 0 Å². The van der Waals surface area contributed by atoms with E-state index in [2.05, 4.69) is 71.1 Å². The quantitative estimate of drug-likeness (QED) is 0.343. The fraction of sp³-hybridized carbons (Fsp3) is 0.478. The van der Waals surface area contributed by atoms with Crippen molar-refractivity contribution >= 4 is 21.6 Å². The molecule has 0 spiro atoms. The fourth-order valence-electron chi connectivity index (χ4n) is 3.93. The van der Waals surface area contributed by atoms with Gasteiger partial charge < -0.3 is 4.90 Å². The van der Waals surface area contributed by atoms with Crippen LogP contribution >= 0.6 is 15.9 Å². The van der Waals surface area contributed by atoms with Crippen LogP contribution in [0.15, 0.2) is 40.9 Å². The minimum Gasteiger partial charge on any atom is -0.371 e. The second-order valence-electron chi connectivity index (χ2n) is 7.18. The molecule has 0 saturated carbocycles. The van der Waals surface area contributed by atoms with Crippen LogP contribution < -0.4 is 4.90 Å². The highest BCUT2D eigenvalue weighted by Gasteiger charge is 2.23. The van der Waals surface area contributed by atoms with Crippen molar-refractivity contribution in [2.75, 3.05) is 18.0 Å². The van der Waals surface area contributed by atoms with Gasteiger partial charge in [-0.05, 0) is 53.3 Å². The number of unbranched alkanes of at least 4 members (excludes halogenated alkanes) is 4. The summed E-state index contributed by atoms with van der Waals surface area (Å²) < 4.78 is 1.18. The Bertz CT molecular complexity index is 697. The summed E-state index contributed by atoms with van der Waals surface area (Å²) in [6.45, 7) is 6.95. The lowest BCUT2D eigenvalue weighted by Gasteiger charge is -2.27. The lowest BCUT2D eigenvalue weighted by atomic mass is 10.0. The van der Waals surface area contributed by atoms with Crippen molar-refractivity contribution in [2.24, 2.45) is 0 Å². The normalized spacial score (nSPS) is 12.1. The molecule has 2 heteroatoms. The minimum atomic E-state index is 1.07. The molecule has 3 rings (SSSR count). The number of hydrogen-bond acceptors (Lipinski definition) is 1. The van der Waals surface area contributed by atoms with Gasteiger partial charge in [-0.2, -0.15) is 0 Å². The Morgan fingerprint density at radius 2 is 1.60 bits per heavy atom. The first-order chi connectivity index (χ1) is 12.2. The van der Waals surface area contributed by atoms with Gasteiger partial charge in [-0.15, -0.1) is 0 Å². The maximum absolute atomic E-state index is 3.63. The zero-order chi connectivity index (χ0) is 17.6. The Morgan fingerprint density at radius 3 is 2.28 bits per heavy atom. The SMILES string of the molecule is CCCCCN(CCCCC)c1cccc2c1Cc1cc(Br)ccc1-2. The van der Waals surface area contributed by atoms with Crippen LogP contribution in [0.1, 0.15) is 63.5 Å². The van der Waals surface area contributed by atoms with Gasteiger partial charge in [0.05, 0.1) is 0 Å². The van der Waals surface area contributed by atoms with Crippen molar-refractivity contribution in [1.82, 2.24) is 0 Å². The van der Waals surface area contributed by atoms with Crippen LogP contribution in [0.4, 0.5) is 5.69 Å². The van der Waals surface area contributed by atoms with E-state index in [0.29, 0.717) is 0 Å². The number of nitrogens with zero attached hydrogens (tertiary/aromatic N) is 1. The average molecular weight is 400 g/mol. The second-order valence-corrected chi connectivity index (χ2v) is 8.10. The van der Waals surface area contributed by atoms with E-state index < -0.39 is 0 Å². The summed E-state index contributed by atoms with van der Waals surface area (Å²) in [5, 5.41) is 0. The molecule has 0 bridgehead atoms. The van der Waals surface area contributed by atoms with Crippen molar-refractivity contribution in [3.05, 3.63) is 52.0 Å². The van der Waals surface area contributed by atoms with Gasteiger partial charge in [-0.1, -0.05) is 73.7 Å². The van der Waals surface area contributed by atoms with Crippen LogP contribution in [0.5, 0.6) is 0 Å². The van der Waals surface area contributed by atoms with Crippen LogP contribution in [-0.4, -0.2) is 13.1 Å². The van der Waals surface area contributed by atoms with Crippen LogP contribution in [0.25, 0.3) is 11.1 Å². The number of benzene rings is 2. The van der Waals surface area contributed by atoms with E-state index in [1.807, 2.05) is 0 Å². The number of fused-ring (bicyclic) bond motifs is 3. The summed E-state index contributed by atoms with van der Waals surface area (Å²) in [6, 6.07) is 13.6. The van der Waals surface area contributed by atoms with Gasteiger partial charge in [0.15, 0.2) is 0 Å². The first-order valence-electron chi connectivity index (χ1n) is 9.90. The molecule has 0 radical (unpaired) electrons. The third-order valence-electron chi connectivity index (χ3n) is 5.28. The van der Waals surface area contributed by atoms with Crippen LogP contribution in [0.2, 0.25) is 0 Å². The van der Waals surface area contributed by atoms with Crippen molar-refractivity contribution in [2.45, 2.75) is 58.8 Å². The van der Waals surface area contributed by atoms with Crippen LogP contribution in [0.3, 0.4) is 0 Å². The molecule has 0 aromatic heterocycles. The lowest BCUT2D eigenvalue weighted by Crippen LogP contribution is -2.26. The van der Waals surface area contributed by atoms with E-state index in [0.717, 1.165) is 6.42 Å². The Balaban J connectivity index is 1.87. The first kappa shape index (κ1) is 18.5. The molecule has 134 valence electrons. The largest absolute Gasteiger partial charge is 0.371 e. The molecule has 0 fully saturated rings. The molecular weight excluding hydrogens is 370 g/mol. The molecule has 0 saturated heterocycles. The van der Waals surface area contributed by atoms with Gasteiger partial charge in [0.25, 0.3) is 0 Å². The predicted octanol–water partition coefficient (Wildman–Crippen LogP) is 7.21. The Kier molecular flexibility index (Phi) is 6.58. The molecule has 1 aliphatic rings. The average Bonchev–Trinajstić information content (AvgIpc) is 2.98. The molecule has 0 amide bonds. The monoisotopic (exact) mass is 399 g/mol. The van der Waals surface area contributed by atoms with E-state index in [1.165, 1.54) is 84.0 Å². The van der Waals surface area contributed by atoms with Gasteiger partial charge in [0, 0.05) is 29.7 Å². The lowest BCUT2D eigenvalue weighted by molar-refractivity contribution is 0.635. The topological polar surface area (TPSA) is 3.24 Å². The highest BCUT2D eigenvalue weighted by molar-refractivity contribution is 9.10.